The summed E-state index contributed by atoms with van der Waals surface area (Å²) in [6.07, 6.45) is 6.18. The molecule has 3 heterocycles. The number of rotatable bonds is 0. The minimum absolute atomic E-state index is 0.328. The molecule has 2 saturated heterocycles. The molecule has 0 saturated carbocycles. The number of hydrogen-bond acceptors (Lipinski definition) is 2. The lowest BCUT2D eigenvalue weighted by molar-refractivity contribution is -0.137. The van der Waals surface area contributed by atoms with E-state index in [0.29, 0.717) is 30.2 Å². The van der Waals surface area contributed by atoms with Gasteiger partial charge in [0.05, 0.1) is 6.04 Å². The molecule has 3 aliphatic rings. The van der Waals surface area contributed by atoms with E-state index in [-0.39, 0.29) is 0 Å². The lowest BCUT2D eigenvalue weighted by Crippen LogP contribution is -2.58. The van der Waals surface area contributed by atoms with Gasteiger partial charge in [0.25, 0.3) is 0 Å². The van der Waals surface area contributed by atoms with Crippen molar-refractivity contribution in [3.63, 3.8) is 0 Å². The Morgan fingerprint density at radius 1 is 1.43 bits per heavy atom. The molecule has 1 N–H and O–H groups in total. The normalized spacial score (nSPS) is 41.0. The van der Waals surface area contributed by atoms with Crippen LogP contribution in [-0.2, 0) is 4.79 Å². The minimum atomic E-state index is 0.328. The van der Waals surface area contributed by atoms with Gasteiger partial charge in [-0.1, -0.05) is 12.2 Å². The molecule has 3 heteroatoms. The van der Waals surface area contributed by atoms with Crippen LogP contribution in [0.25, 0.3) is 0 Å². The summed E-state index contributed by atoms with van der Waals surface area (Å²) in [5, 5.41) is 3.46. The maximum atomic E-state index is 11.7. The van der Waals surface area contributed by atoms with E-state index in [4.69, 9.17) is 0 Å². The monoisotopic (exact) mass is 192 g/mol. The highest BCUT2D eigenvalue weighted by molar-refractivity contribution is 5.79. The second-order valence-corrected chi connectivity index (χ2v) is 4.69. The fraction of sp³-hybridized carbons (Fsp3) is 0.727. The Labute approximate surface area is 84.2 Å². The van der Waals surface area contributed by atoms with E-state index < -0.39 is 0 Å². The lowest BCUT2D eigenvalue weighted by Gasteiger charge is -2.48. The van der Waals surface area contributed by atoms with Crippen molar-refractivity contribution in [1.82, 2.24) is 10.2 Å². The van der Waals surface area contributed by atoms with Gasteiger partial charge in [0, 0.05) is 19.5 Å². The fourth-order valence-corrected chi connectivity index (χ4v) is 3.08. The van der Waals surface area contributed by atoms with Gasteiger partial charge in [-0.25, -0.2) is 0 Å². The Hall–Kier alpha value is -0.830. The highest BCUT2D eigenvalue weighted by atomic mass is 16.2. The summed E-state index contributed by atoms with van der Waals surface area (Å²) < 4.78 is 0. The SMILES string of the molecule is O=C1CC=C[C@@H]2[C@H]3CNC[C@H](C3)CN12. The highest BCUT2D eigenvalue weighted by Crippen LogP contribution is 2.32. The van der Waals surface area contributed by atoms with Crippen LogP contribution in [0.1, 0.15) is 12.8 Å². The van der Waals surface area contributed by atoms with Crippen LogP contribution in [0.4, 0.5) is 0 Å². The molecule has 0 aliphatic carbocycles. The van der Waals surface area contributed by atoms with Crippen molar-refractivity contribution in [1.29, 1.82) is 0 Å². The molecule has 3 rings (SSSR count). The van der Waals surface area contributed by atoms with Crippen molar-refractivity contribution in [2.75, 3.05) is 19.6 Å². The molecule has 0 spiro atoms. The zero-order valence-electron chi connectivity index (χ0n) is 8.28. The van der Waals surface area contributed by atoms with Crippen molar-refractivity contribution in [3.05, 3.63) is 12.2 Å². The van der Waals surface area contributed by atoms with E-state index in [0.717, 1.165) is 19.6 Å². The highest BCUT2D eigenvalue weighted by Gasteiger charge is 2.39. The second-order valence-electron chi connectivity index (χ2n) is 4.69. The molecule has 0 aromatic heterocycles. The van der Waals surface area contributed by atoms with E-state index in [1.165, 1.54) is 6.42 Å². The predicted octanol–water partition coefficient (Wildman–Crippen LogP) is 0.383. The summed E-state index contributed by atoms with van der Waals surface area (Å²) in [5.74, 6) is 1.68. The van der Waals surface area contributed by atoms with Crippen LogP contribution in [0.5, 0.6) is 0 Å². The number of carbonyl (C=O) groups excluding carboxylic acids is 1. The Morgan fingerprint density at radius 2 is 2.36 bits per heavy atom. The van der Waals surface area contributed by atoms with Gasteiger partial charge in [-0.15, -0.1) is 0 Å². The van der Waals surface area contributed by atoms with Crippen molar-refractivity contribution in [2.24, 2.45) is 11.8 Å². The Kier molecular flexibility index (Phi) is 1.87. The molecule has 1 amide bonds. The maximum absolute atomic E-state index is 11.7. The Bertz CT molecular complexity index is 287. The molecule has 2 fully saturated rings. The van der Waals surface area contributed by atoms with Gasteiger partial charge in [0.15, 0.2) is 0 Å². The van der Waals surface area contributed by atoms with Crippen LogP contribution in [0, 0.1) is 11.8 Å². The Balaban J connectivity index is 1.89. The van der Waals surface area contributed by atoms with E-state index in [9.17, 15) is 4.79 Å². The van der Waals surface area contributed by atoms with E-state index in [1.54, 1.807) is 0 Å². The second kappa shape index (κ2) is 3.09. The average molecular weight is 192 g/mol. The lowest BCUT2D eigenvalue weighted by atomic mass is 9.79. The summed E-state index contributed by atoms with van der Waals surface area (Å²) >= 11 is 0. The number of piperidine rings is 2. The standard InChI is InChI=1S/C11H16N2O/c14-11-3-1-2-10-9-4-8(5-12-6-9)7-13(10)11/h1-2,8-10,12H,3-7H2/t8-,9+,10+/m0/s1. The van der Waals surface area contributed by atoms with Crippen LogP contribution in [0.3, 0.4) is 0 Å². The Morgan fingerprint density at radius 3 is 3.29 bits per heavy atom. The molecule has 2 bridgehead atoms. The molecular formula is C11H16N2O. The quantitative estimate of drug-likeness (QED) is 0.563. The predicted molar refractivity (Wildman–Crippen MR) is 53.7 cm³/mol. The average Bonchev–Trinajstić information content (AvgIpc) is 2.20. The van der Waals surface area contributed by atoms with Crippen molar-refractivity contribution in [3.8, 4) is 0 Å². The van der Waals surface area contributed by atoms with Gasteiger partial charge >= 0.3 is 0 Å². The first-order valence-corrected chi connectivity index (χ1v) is 5.51. The molecule has 0 unspecified atom stereocenters. The zero-order chi connectivity index (χ0) is 9.54. The third-order valence-corrected chi connectivity index (χ3v) is 3.72. The van der Waals surface area contributed by atoms with Crippen molar-refractivity contribution in [2.45, 2.75) is 18.9 Å². The van der Waals surface area contributed by atoms with E-state index in [1.807, 2.05) is 6.08 Å². The number of nitrogens with one attached hydrogen (secondary N) is 1. The summed E-state index contributed by atoms with van der Waals surface area (Å²) in [4.78, 5) is 13.8. The van der Waals surface area contributed by atoms with Crippen LogP contribution < -0.4 is 5.32 Å². The molecule has 76 valence electrons. The van der Waals surface area contributed by atoms with Crippen LogP contribution in [0.15, 0.2) is 12.2 Å². The molecule has 3 atom stereocenters. The number of fused-ring (bicyclic) bond motifs is 4. The first-order chi connectivity index (χ1) is 6.84. The maximum Gasteiger partial charge on any atom is 0.226 e. The summed E-state index contributed by atoms with van der Waals surface area (Å²) in [6, 6.07) is 0.389. The number of carbonyl (C=O) groups is 1. The van der Waals surface area contributed by atoms with E-state index >= 15 is 0 Å². The van der Waals surface area contributed by atoms with Crippen molar-refractivity contribution >= 4 is 5.91 Å². The fourth-order valence-electron chi connectivity index (χ4n) is 3.08. The molecule has 0 aromatic rings. The van der Waals surface area contributed by atoms with Crippen LogP contribution in [-0.4, -0.2) is 36.5 Å². The third-order valence-electron chi connectivity index (χ3n) is 3.72. The third kappa shape index (κ3) is 1.19. The van der Waals surface area contributed by atoms with Crippen molar-refractivity contribution < 1.29 is 4.79 Å². The minimum Gasteiger partial charge on any atom is -0.335 e. The number of amides is 1. The summed E-state index contributed by atoms with van der Waals surface area (Å²) in [7, 11) is 0. The van der Waals surface area contributed by atoms with Crippen LogP contribution >= 0.6 is 0 Å². The number of hydrogen-bond donors (Lipinski definition) is 1. The van der Waals surface area contributed by atoms with Gasteiger partial charge < -0.3 is 10.2 Å². The van der Waals surface area contributed by atoms with Gasteiger partial charge in [-0.3, -0.25) is 4.79 Å². The van der Waals surface area contributed by atoms with E-state index in [2.05, 4.69) is 16.3 Å². The molecule has 3 aliphatic heterocycles. The topological polar surface area (TPSA) is 32.3 Å². The number of nitrogens with zero attached hydrogens (tertiary/aromatic N) is 1. The first-order valence-electron chi connectivity index (χ1n) is 5.51. The smallest absolute Gasteiger partial charge is 0.226 e. The largest absolute Gasteiger partial charge is 0.335 e. The molecule has 0 radical (unpaired) electrons. The summed E-state index contributed by atoms with van der Waals surface area (Å²) in [6.45, 7) is 3.14. The summed E-state index contributed by atoms with van der Waals surface area (Å²) in [5.41, 5.74) is 0. The molecule has 3 nitrogen and oxygen atoms in total. The van der Waals surface area contributed by atoms with Gasteiger partial charge in [0.2, 0.25) is 5.91 Å². The molecular weight excluding hydrogens is 176 g/mol. The molecule has 14 heavy (non-hydrogen) atoms. The van der Waals surface area contributed by atoms with Gasteiger partial charge in [-0.2, -0.15) is 0 Å². The zero-order valence-corrected chi connectivity index (χ0v) is 8.28. The molecule has 0 aromatic carbocycles. The van der Waals surface area contributed by atoms with Gasteiger partial charge in [-0.05, 0) is 24.8 Å². The first kappa shape index (κ1) is 8.48. The van der Waals surface area contributed by atoms with Gasteiger partial charge in [0.1, 0.15) is 0 Å². The van der Waals surface area contributed by atoms with Crippen LogP contribution in [0.2, 0.25) is 0 Å².